The van der Waals surface area contributed by atoms with Crippen LogP contribution >= 0.6 is 0 Å². The molecular weight excluding hydrogens is 196 g/mol. The molecular formula is C11H20O4. The van der Waals surface area contributed by atoms with Gasteiger partial charge in [0.2, 0.25) is 0 Å². The van der Waals surface area contributed by atoms with Crippen molar-refractivity contribution in [3.8, 4) is 0 Å². The van der Waals surface area contributed by atoms with Crippen molar-refractivity contribution in [2.75, 3.05) is 19.8 Å². The van der Waals surface area contributed by atoms with Crippen LogP contribution in [0.3, 0.4) is 0 Å². The van der Waals surface area contributed by atoms with Crippen LogP contribution in [0.4, 0.5) is 0 Å². The van der Waals surface area contributed by atoms with Gasteiger partial charge in [0.1, 0.15) is 6.61 Å². The Hall–Kier alpha value is -0.870. The molecule has 0 fully saturated rings. The standard InChI is InChI=1S/C11H20O4/c1-4-6-10(9(3)12)11(13)15-8-7-14-5-2/h4,9-10,12H,1,5-8H2,2-3H3/t9-,10+/m0/s1. The largest absolute Gasteiger partial charge is 0.463 e. The Kier molecular flexibility index (Phi) is 7.95. The smallest absolute Gasteiger partial charge is 0.311 e. The van der Waals surface area contributed by atoms with Gasteiger partial charge >= 0.3 is 5.97 Å². The maximum absolute atomic E-state index is 11.5. The van der Waals surface area contributed by atoms with E-state index in [0.717, 1.165) is 0 Å². The highest BCUT2D eigenvalue weighted by atomic mass is 16.6. The summed E-state index contributed by atoms with van der Waals surface area (Å²) in [7, 11) is 0. The Morgan fingerprint density at radius 1 is 1.53 bits per heavy atom. The van der Waals surface area contributed by atoms with Crippen LogP contribution in [0.25, 0.3) is 0 Å². The predicted molar refractivity (Wildman–Crippen MR) is 57.4 cm³/mol. The first-order valence-electron chi connectivity index (χ1n) is 5.16. The van der Waals surface area contributed by atoms with Crippen molar-refractivity contribution in [3.05, 3.63) is 12.7 Å². The van der Waals surface area contributed by atoms with Gasteiger partial charge in [0.05, 0.1) is 18.6 Å². The van der Waals surface area contributed by atoms with Crippen LogP contribution in [0.15, 0.2) is 12.7 Å². The minimum atomic E-state index is -0.720. The van der Waals surface area contributed by atoms with Gasteiger partial charge in [-0.2, -0.15) is 0 Å². The van der Waals surface area contributed by atoms with E-state index in [0.29, 0.717) is 19.6 Å². The number of hydrogen-bond donors (Lipinski definition) is 1. The number of carbonyl (C=O) groups is 1. The number of aliphatic hydroxyl groups is 1. The number of rotatable bonds is 8. The van der Waals surface area contributed by atoms with Crippen LogP contribution in [-0.2, 0) is 14.3 Å². The average Bonchev–Trinajstić information content (AvgIpc) is 2.20. The number of hydrogen-bond acceptors (Lipinski definition) is 4. The van der Waals surface area contributed by atoms with E-state index in [9.17, 15) is 9.90 Å². The Bertz CT molecular complexity index is 189. The van der Waals surface area contributed by atoms with Crippen LogP contribution in [0, 0.1) is 5.92 Å². The van der Waals surface area contributed by atoms with Crippen LogP contribution in [0.1, 0.15) is 20.3 Å². The number of carbonyl (C=O) groups excluding carboxylic acids is 1. The Balaban J connectivity index is 3.87. The van der Waals surface area contributed by atoms with E-state index in [-0.39, 0.29) is 6.61 Å². The van der Waals surface area contributed by atoms with Crippen LogP contribution in [0.2, 0.25) is 0 Å². The molecule has 2 atom stereocenters. The van der Waals surface area contributed by atoms with Crippen LogP contribution in [0.5, 0.6) is 0 Å². The van der Waals surface area contributed by atoms with E-state index in [1.807, 2.05) is 6.92 Å². The first kappa shape index (κ1) is 14.1. The molecule has 0 unspecified atom stereocenters. The molecule has 0 aliphatic rings. The molecule has 0 spiro atoms. The molecule has 0 radical (unpaired) electrons. The Labute approximate surface area is 90.9 Å². The van der Waals surface area contributed by atoms with Crippen molar-refractivity contribution in [3.63, 3.8) is 0 Å². The molecule has 0 saturated carbocycles. The average molecular weight is 216 g/mol. The van der Waals surface area contributed by atoms with E-state index < -0.39 is 18.0 Å². The molecule has 0 aromatic rings. The van der Waals surface area contributed by atoms with Crippen molar-refractivity contribution in [2.24, 2.45) is 5.92 Å². The lowest BCUT2D eigenvalue weighted by atomic mass is 10.0. The first-order chi connectivity index (χ1) is 7.13. The zero-order chi connectivity index (χ0) is 11.7. The third-order valence-electron chi connectivity index (χ3n) is 1.98. The van der Waals surface area contributed by atoms with Gasteiger partial charge in [0, 0.05) is 6.61 Å². The summed E-state index contributed by atoms with van der Waals surface area (Å²) in [4.78, 5) is 11.5. The summed E-state index contributed by atoms with van der Waals surface area (Å²) in [6.07, 6.45) is 1.30. The van der Waals surface area contributed by atoms with Gasteiger partial charge in [-0.15, -0.1) is 6.58 Å². The van der Waals surface area contributed by atoms with Crippen molar-refractivity contribution in [2.45, 2.75) is 26.4 Å². The van der Waals surface area contributed by atoms with Gasteiger partial charge in [-0.1, -0.05) is 6.08 Å². The third kappa shape index (κ3) is 6.25. The zero-order valence-corrected chi connectivity index (χ0v) is 9.44. The molecule has 0 aromatic carbocycles. The van der Waals surface area contributed by atoms with Crippen molar-refractivity contribution in [1.82, 2.24) is 0 Å². The summed E-state index contributed by atoms with van der Waals surface area (Å²) in [6.45, 7) is 8.19. The maximum Gasteiger partial charge on any atom is 0.311 e. The fourth-order valence-electron chi connectivity index (χ4n) is 1.12. The van der Waals surface area contributed by atoms with Crippen molar-refractivity contribution >= 4 is 5.97 Å². The second-order valence-corrected chi connectivity index (χ2v) is 3.24. The molecule has 88 valence electrons. The van der Waals surface area contributed by atoms with Crippen LogP contribution in [-0.4, -0.2) is 37.0 Å². The number of aliphatic hydroxyl groups excluding tert-OH is 1. The number of esters is 1. The topological polar surface area (TPSA) is 55.8 Å². The summed E-state index contributed by atoms with van der Waals surface area (Å²) in [5, 5.41) is 9.34. The van der Waals surface area contributed by atoms with Gasteiger partial charge in [-0.3, -0.25) is 4.79 Å². The molecule has 0 aromatic heterocycles. The predicted octanol–water partition coefficient (Wildman–Crippen LogP) is 1.14. The highest BCUT2D eigenvalue weighted by molar-refractivity contribution is 5.73. The van der Waals surface area contributed by atoms with E-state index in [1.165, 1.54) is 0 Å². The quantitative estimate of drug-likeness (QED) is 0.375. The molecule has 4 nitrogen and oxygen atoms in total. The molecule has 0 rings (SSSR count). The van der Waals surface area contributed by atoms with E-state index in [1.54, 1.807) is 13.0 Å². The summed E-state index contributed by atoms with van der Waals surface area (Å²) < 4.78 is 9.97. The fraction of sp³-hybridized carbons (Fsp3) is 0.727. The highest BCUT2D eigenvalue weighted by Crippen LogP contribution is 2.11. The van der Waals surface area contributed by atoms with Crippen molar-refractivity contribution in [1.29, 1.82) is 0 Å². The summed E-state index contributed by atoms with van der Waals surface area (Å²) in [6, 6.07) is 0. The van der Waals surface area contributed by atoms with E-state index in [2.05, 4.69) is 6.58 Å². The number of ether oxygens (including phenoxy) is 2. The molecule has 0 aliphatic carbocycles. The minimum absolute atomic E-state index is 0.229. The fourth-order valence-corrected chi connectivity index (χ4v) is 1.12. The Morgan fingerprint density at radius 2 is 2.20 bits per heavy atom. The lowest BCUT2D eigenvalue weighted by Gasteiger charge is -2.16. The van der Waals surface area contributed by atoms with Gasteiger partial charge in [-0.25, -0.2) is 0 Å². The first-order valence-corrected chi connectivity index (χ1v) is 5.16. The molecule has 4 heteroatoms. The molecule has 0 amide bonds. The Morgan fingerprint density at radius 3 is 2.67 bits per heavy atom. The van der Waals surface area contributed by atoms with E-state index in [4.69, 9.17) is 9.47 Å². The zero-order valence-electron chi connectivity index (χ0n) is 9.44. The van der Waals surface area contributed by atoms with Crippen LogP contribution < -0.4 is 0 Å². The molecule has 0 bridgehead atoms. The lowest BCUT2D eigenvalue weighted by molar-refractivity contribution is -0.153. The lowest BCUT2D eigenvalue weighted by Crippen LogP contribution is -2.28. The molecule has 0 heterocycles. The molecule has 0 saturated heterocycles. The van der Waals surface area contributed by atoms with Gasteiger partial charge < -0.3 is 14.6 Å². The van der Waals surface area contributed by atoms with E-state index >= 15 is 0 Å². The normalized spacial score (nSPS) is 14.3. The molecule has 1 N–H and O–H groups in total. The second kappa shape index (κ2) is 8.44. The molecule has 0 aliphatic heterocycles. The highest BCUT2D eigenvalue weighted by Gasteiger charge is 2.23. The third-order valence-corrected chi connectivity index (χ3v) is 1.98. The summed E-state index contributed by atoms with van der Waals surface area (Å²) >= 11 is 0. The SMILES string of the molecule is C=CC[C@@H](C(=O)OCCOCC)[C@H](C)O. The summed E-state index contributed by atoms with van der Waals surface area (Å²) in [5.74, 6) is -0.922. The monoisotopic (exact) mass is 216 g/mol. The molecule has 15 heavy (non-hydrogen) atoms. The maximum atomic E-state index is 11.5. The van der Waals surface area contributed by atoms with Gasteiger partial charge in [0.25, 0.3) is 0 Å². The van der Waals surface area contributed by atoms with Crippen molar-refractivity contribution < 1.29 is 19.4 Å². The second-order valence-electron chi connectivity index (χ2n) is 3.24. The van der Waals surface area contributed by atoms with Gasteiger partial charge in [-0.05, 0) is 20.3 Å². The minimum Gasteiger partial charge on any atom is -0.463 e. The number of allylic oxidation sites excluding steroid dienone is 1. The van der Waals surface area contributed by atoms with Gasteiger partial charge in [0.15, 0.2) is 0 Å². The summed E-state index contributed by atoms with van der Waals surface area (Å²) in [5.41, 5.74) is 0.